The third kappa shape index (κ3) is 1.85. The lowest BCUT2D eigenvalue weighted by atomic mass is 9.99. The third-order valence-corrected chi connectivity index (χ3v) is 6.14. The summed E-state index contributed by atoms with van der Waals surface area (Å²) < 4.78 is 12.4. The zero-order valence-electron chi connectivity index (χ0n) is 15.9. The molecule has 0 aliphatic rings. The molecule has 0 atom stereocenters. The maximum absolute atomic E-state index is 6.28. The van der Waals surface area contributed by atoms with Crippen molar-refractivity contribution in [3.05, 3.63) is 72.8 Å². The van der Waals surface area contributed by atoms with E-state index in [0.717, 1.165) is 65.4 Å². The molecule has 7 aromatic rings. The minimum absolute atomic E-state index is 0.716. The highest BCUT2D eigenvalue weighted by Gasteiger charge is 2.18. The first-order valence-corrected chi connectivity index (χ1v) is 9.86. The molecule has 7 rings (SSSR count). The lowest BCUT2D eigenvalue weighted by molar-refractivity contribution is 0.656. The molecule has 142 valence electrons. The molecule has 5 aromatic carbocycles. The molecule has 0 amide bonds. The normalized spacial score (nSPS) is 12.3. The maximum Gasteiger partial charge on any atom is 0.139 e. The van der Waals surface area contributed by atoms with E-state index in [1.807, 2.05) is 54.6 Å². The first kappa shape index (κ1) is 15.7. The fourth-order valence-electron chi connectivity index (χ4n) is 4.83. The summed E-state index contributed by atoms with van der Waals surface area (Å²) >= 11 is 0. The van der Waals surface area contributed by atoms with E-state index in [0.29, 0.717) is 11.4 Å². The van der Waals surface area contributed by atoms with E-state index in [1.54, 1.807) is 0 Å². The summed E-state index contributed by atoms with van der Waals surface area (Å²) in [6.45, 7) is 0. The number of hydrogen-bond acceptors (Lipinski definition) is 4. The van der Waals surface area contributed by atoms with Gasteiger partial charge in [-0.15, -0.1) is 0 Å². The van der Waals surface area contributed by atoms with Crippen molar-refractivity contribution in [1.29, 1.82) is 0 Å². The topological polar surface area (TPSA) is 78.3 Å². The van der Waals surface area contributed by atoms with E-state index in [-0.39, 0.29) is 0 Å². The number of anilines is 2. The molecule has 0 saturated heterocycles. The summed E-state index contributed by atoms with van der Waals surface area (Å²) in [6.07, 6.45) is 0. The van der Waals surface area contributed by atoms with Gasteiger partial charge in [0.05, 0.1) is 0 Å². The van der Waals surface area contributed by atoms with E-state index < -0.39 is 0 Å². The molecule has 4 N–H and O–H groups in total. The van der Waals surface area contributed by atoms with Crippen LogP contribution in [0.1, 0.15) is 0 Å². The molecule has 0 fully saturated rings. The van der Waals surface area contributed by atoms with Crippen LogP contribution in [0.25, 0.3) is 65.4 Å². The van der Waals surface area contributed by atoms with Gasteiger partial charge in [-0.25, -0.2) is 0 Å². The molecule has 0 saturated carbocycles. The van der Waals surface area contributed by atoms with Gasteiger partial charge in [0, 0.05) is 61.9 Å². The lowest BCUT2D eigenvalue weighted by Gasteiger charge is -2.04. The zero-order chi connectivity index (χ0) is 20.0. The van der Waals surface area contributed by atoms with Crippen LogP contribution in [0.2, 0.25) is 0 Å². The fraction of sp³-hybridized carbons (Fsp3) is 0. The molecule has 0 aliphatic heterocycles. The van der Waals surface area contributed by atoms with Crippen LogP contribution in [0.15, 0.2) is 81.6 Å². The van der Waals surface area contributed by atoms with E-state index in [2.05, 4.69) is 18.2 Å². The number of furan rings is 2. The van der Waals surface area contributed by atoms with Crippen molar-refractivity contribution < 1.29 is 8.83 Å². The van der Waals surface area contributed by atoms with Gasteiger partial charge in [-0.2, -0.15) is 0 Å². The summed E-state index contributed by atoms with van der Waals surface area (Å²) in [5, 5.41) is 8.50. The van der Waals surface area contributed by atoms with E-state index in [9.17, 15) is 0 Å². The van der Waals surface area contributed by atoms with Gasteiger partial charge in [0.2, 0.25) is 0 Å². The summed E-state index contributed by atoms with van der Waals surface area (Å²) in [7, 11) is 0. The molecule has 0 unspecified atom stereocenters. The summed E-state index contributed by atoms with van der Waals surface area (Å²) in [4.78, 5) is 0. The second-order valence-corrected chi connectivity index (χ2v) is 7.82. The standard InChI is InChI=1S/C26H16N2O2/c27-19-10-23-25(15-7-3-1-5-13(15)19)17-9-18-22(12-21(17)29-23)30-24-11-20(28)14-6-2-4-8-16(14)26(18)24/h1-12H,27-28H2. The van der Waals surface area contributed by atoms with Crippen molar-refractivity contribution in [2.24, 2.45) is 0 Å². The van der Waals surface area contributed by atoms with Gasteiger partial charge < -0.3 is 20.3 Å². The van der Waals surface area contributed by atoms with E-state index in [1.165, 1.54) is 0 Å². The first-order chi connectivity index (χ1) is 14.7. The van der Waals surface area contributed by atoms with Gasteiger partial charge in [-0.3, -0.25) is 0 Å². The lowest BCUT2D eigenvalue weighted by Crippen LogP contribution is -1.87. The number of rotatable bonds is 0. The average Bonchev–Trinajstić information content (AvgIpc) is 3.29. The number of nitrogens with two attached hydrogens (primary N) is 2. The molecule has 30 heavy (non-hydrogen) atoms. The molecular weight excluding hydrogens is 372 g/mol. The zero-order valence-corrected chi connectivity index (χ0v) is 15.9. The van der Waals surface area contributed by atoms with Gasteiger partial charge in [0.25, 0.3) is 0 Å². The van der Waals surface area contributed by atoms with Crippen molar-refractivity contribution in [2.45, 2.75) is 0 Å². The van der Waals surface area contributed by atoms with Crippen molar-refractivity contribution >= 4 is 76.8 Å². The highest BCUT2D eigenvalue weighted by atomic mass is 16.3. The Bertz CT molecular complexity index is 1690. The van der Waals surface area contributed by atoms with Crippen LogP contribution in [0, 0.1) is 0 Å². The minimum atomic E-state index is 0.716. The molecule has 4 heteroatoms. The Morgan fingerprint density at radius 1 is 0.433 bits per heavy atom. The van der Waals surface area contributed by atoms with Crippen LogP contribution in [-0.2, 0) is 0 Å². The smallest absolute Gasteiger partial charge is 0.139 e. The van der Waals surface area contributed by atoms with Gasteiger partial charge in [-0.05, 0) is 16.8 Å². The van der Waals surface area contributed by atoms with Crippen LogP contribution in [0.3, 0.4) is 0 Å². The van der Waals surface area contributed by atoms with E-state index >= 15 is 0 Å². The Kier molecular flexibility index (Phi) is 2.75. The van der Waals surface area contributed by atoms with Crippen molar-refractivity contribution in [2.75, 3.05) is 11.5 Å². The predicted molar refractivity (Wildman–Crippen MR) is 125 cm³/mol. The van der Waals surface area contributed by atoms with Crippen LogP contribution < -0.4 is 11.5 Å². The Labute approximate surface area is 170 Å². The van der Waals surface area contributed by atoms with Gasteiger partial charge >= 0.3 is 0 Å². The van der Waals surface area contributed by atoms with Crippen molar-refractivity contribution in [3.63, 3.8) is 0 Å². The van der Waals surface area contributed by atoms with Gasteiger partial charge in [0.1, 0.15) is 22.3 Å². The Hall–Kier alpha value is -4.18. The molecule has 0 bridgehead atoms. The number of hydrogen-bond donors (Lipinski definition) is 2. The molecule has 2 aromatic heterocycles. The maximum atomic E-state index is 6.28. The van der Waals surface area contributed by atoms with E-state index in [4.69, 9.17) is 20.3 Å². The molecule has 0 spiro atoms. The fourth-order valence-corrected chi connectivity index (χ4v) is 4.83. The van der Waals surface area contributed by atoms with Crippen molar-refractivity contribution in [3.8, 4) is 0 Å². The first-order valence-electron chi connectivity index (χ1n) is 9.86. The Morgan fingerprint density at radius 2 is 0.867 bits per heavy atom. The largest absolute Gasteiger partial charge is 0.456 e. The predicted octanol–water partition coefficient (Wildman–Crippen LogP) is 6.96. The SMILES string of the molecule is Nc1cc2oc3cc4oc5cc(N)c6ccccc6c5c4cc3c2c2ccccc12. The molecule has 0 radical (unpaired) electrons. The van der Waals surface area contributed by atoms with Crippen LogP contribution in [0.5, 0.6) is 0 Å². The molecule has 2 heterocycles. The van der Waals surface area contributed by atoms with Gasteiger partial charge in [-0.1, -0.05) is 48.5 Å². The number of benzene rings is 5. The third-order valence-electron chi connectivity index (χ3n) is 6.14. The molecular formula is C26H16N2O2. The quantitative estimate of drug-likeness (QED) is 0.275. The van der Waals surface area contributed by atoms with Crippen LogP contribution >= 0.6 is 0 Å². The van der Waals surface area contributed by atoms with Gasteiger partial charge in [0.15, 0.2) is 0 Å². The summed E-state index contributed by atoms with van der Waals surface area (Å²) in [6, 6.07) is 24.3. The summed E-state index contributed by atoms with van der Waals surface area (Å²) in [5.41, 5.74) is 17.1. The second kappa shape index (κ2) is 5.24. The number of nitrogen functional groups attached to an aromatic ring is 2. The highest BCUT2D eigenvalue weighted by Crippen LogP contribution is 2.43. The van der Waals surface area contributed by atoms with Crippen LogP contribution in [-0.4, -0.2) is 0 Å². The summed E-state index contributed by atoms with van der Waals surface area (Å²) in [5.74, 6) is 0. The number of fused-ring (bicyclic) bond motifs is 10. The molecule has 4 nitrogen and oxygen atoms in total. The average molecular weight is 388 g/mol. The minimum Gasteiger partial charge on any atom is -0.456 e. The monoisotopic (exact) mass is 388 g/mol. The second-order valence-electron chi connectivity index (χ2n) is 7.82. The Balaban J connectivity index is 1.73. The van der Waals surface area contributed by atoms with Crippen molar-refractivity contribution in [1.82, 2.24) is 0 Å². The highest BCUT2D eigenvalue weighted by molar-refractivity contribution is 6.27. The Morgan fingerprint density at radius 3 is 1.33 bits per heavy atom. The van der Waals surface area contributed by atoms with Crippen LogP contribution in [0.4, 0.5) is 11.4 Å². The molecule has 0 aliphatic carbocycles.